The van der Waals surface area contributed by atoms with Gasteiger partial charge in [-0.15, -0.1) is 0 Å². The summed E-state index contributed by atoms with van der Waals surface area (Å²) in [5.41, 5.74) is 5.01. The summed E-state index contributed by atoms with van der Waals surface area (Å²) in [6.45, 7) is -0.788. The van der Waals surface area contributed by atoms with Gasteiger partial charge in [0.25, 0.3) is 11.8 Å². The lowest BCUT2D eigenvalue weighted by Gasteiger charge is -2.13. The average molecular weight is 538 g/mol. The number of nitrogens with zero attached hydrogens (tertiary/aromatic N) is 1. The lowest BCUT2D eigenvalue weighted by Crippen LogP contribution is -2.45. The van der Waals surface area contributed by atoms with Crippen LogP contribution in [0, 0.1) is 0 Å². The van der Waals surface area contributed by atoms with Crippen LogP contribution in [0.4, 0.5) is 0 Å². The highest BCUT2D eigenvalue weighted by molar-refractivity contribution is 6.12. The van der Waals surface area contributed by atoms with Crippen LogP contribution in [-0.4, -0.2) is 91.4 Å². The third kappa shape index (κ3) is 15.0. The Labute approximate surface area is 219 Å². The molecule has 8 amide bonds. The van der Waals surface area contributed by atoms with Gasteiger partial charge in [0.1, 0.15) is 0 Å². The first-order chi connectivity index (χ1) is 18.1. The number of hydrogen-bond donors (Lipinski definition) is 6. The van der Waals surface area contributed by atoms with E-state index in [-0.39, 0.29) is 50.2 Å². The molecular formula is C23H35N7O8. The molecule has 38 heavy (non-hydrogen) atoms. The summed E-state index contributed by atoms with van der Waals surface area (Å²) >= 11 is 0. The molecule has 15 heteroatoms. The van der Waals surface area contributed by atoms with Crippen molar-refractivity contribution in [2.45, 2.75) is 44.9 Å². The van der Waals surface area contributed by atoms with Gasteiger partial charge in [0.2, 0.25) is 35.4 Å². The maximum absolute atomic E-state index is 11.8. The number of primary amides is 1. The van der Waals surface area contributed by atoms with E-state index >= 15 is 0 Å². The molecule has 0 radical (unpaired) electrons. The van der Waals surface area contributed by atoms with E-state index in [1.165, 1.54) is 12.2 Å². The Kier molecular flexibility index (Phi) is 15.0. The molecule has 15 nitrogen and oxygen atoms in total. The summed E-state index contributed by atoms with van der Waals surface area (Å²) in [5, 5.41) is 11.9. The third-order valence-corrected chi connectivity index (χ3v) is 5.14. The molecule has 7 N–H and O–H groups in total. The first-order valence-electron chi connectivity index (χ1n) is 12.2. The SMILES string of the molecule is NC(=O)CCCCNC(=O)CNC(=O)CNC(=O)CNC(=O)CNC(=O)CCCCCN1C(=O)C=CC1=O. The van der Waals surface area contributed by atoms with Gasteiger partial charge in [0, 0.05) is 38.1 Å². The van der Waals surface area contributed by atoms with Gasteiger partial charge in [-0.1, -0.05) is 6.42 Å². The van der Waals surface area contributed by atoms with Crippen LogP contribution in [0.15, 0.2) is 12.2 Å². The van der Waals surface area contributed by atoms with E-state index in [9.17, 15) is 38.4 Å². The van der Waals surface area contributed by atoms with Crippen LogP contribution < -0.4 is 32.3 Å². The van der Waals surface area contributed by atoms with Crippen molar-refractivity contribution >= 4 is 47.3 Å². The van der Waals surface area contributed by atoms with Crippen molar-refractivity contribution in [1.29, 1.82) is 0 Å². The molecule has 0 aromatic carbocycles. The fraction of sp³-hybridized carbons (Fsp3) is 0.565. The van der Waals surface area contributed by atoms with E-state index in [1.807, 2.05) is 0 Å². The Hall–Kier alpha value is -4.30. The molecule has 0 aromatic rings. The second-order valence-electron chi connectivity index (χ2n) is 8.35. The number of nitrogens with two attached hydrogens (primary N) is 1. The van der Waals surface area contributed by atoms with E-state index in [0.717, 1.165) is 4.90 Å². The molecule has 0 saturated heterocycles. The highest BCUT2D eigenvalue weighted by atomic mass is 16.2. The van der Waals surface area contributed by atoms with Crippen molar-refractivity contribution in [1.82, 2.24) is 31.5 Å². The monoisotopic (exact) mass is 537 g/mol. The fourth-order valence-corrected chi connectivity index (χ4v) is 3.09. The predicted octanol–water partition coefficient (Wildman–Crippen LogP) is -3.29. The van der Waals surface area contributed by atoms with Crippen molar-refractivity contribution in [3.8, 4) is 0 Å². The number of rotatable bonds is 19. The minimum Gasteiger partial charge on any atom is -0.370 e. The quantitative estimate of drug-likeness (QED) is 0.0721. The van der Waals surface area contributed by atoms with E-state index in [4.69, 9.17) is 5.73 Å². The molecule has 0 atom stereocenters. The van der Waals surface area contributed by atoms with Gasteiger partial charge >= 0.3 is 0 Å². The van der Waals surface area contributed by atoms with Crippen molar-refractivity contribution in [3.05, 3.63) is 12.2 Å². The smallest absolute Gasteiger partial charge is 0.253 e. The minimum absolute atomic E-state index is 0.163. The lowest BCUT2D eigenvalue weighted by molar-refractivity contribution is -0.137. The van der Waals surface area contributed by atoms with Crippen LogP contribution in [0.2, 0.25) is 0 Å². The van der Waals surface area contributed by atoms with Crippen molar-refractivity contribution in [3.63, 3.8) is 0 Å². The molecule has 0 fully saturated rings. The zero-order valence-electron chi connectivity index (χ0n) is 21.1. The van der Waals surface area contributed by atoms with Crippen molar-refractivity contribution in [2.24, 2.45) is 5.73 Å². The molecule has 0 aromatic heterocycles. The lowest BCUT2D eigenvalue weighted by atomic mass is 10.2. The van der Waals surface area contributed by atoms with Gasteiger partial charge in [-0.3, -0.25) is 43.3 Å². The number of imide groups is 1. The van der Waals surface area contributed by atoms with Gasteiger partial charge in [0.15, 0.2) is 0 Å². The highest BCUT2D eigenvalue weighted by Crippen LogP contribution is 2.07. The maximum atomic E-state index is 11.8. The summed E-state index contributed by atoms with van der Waals surface area (Å²) in [6, 6.07) is 0. The molecule has 1 rings (SSSR count). The number of carbonyl (C=O) groups excluding carboxylic acids is 8. The molecule has 0 saturated carbocycles. The molecular weight excluding hydrogens is 502 g/mol. The molecule has 0 bridgehead atoms. The van der Waals surface area contributed by atoms with E-state index in [0.29, 0.717) is 38.6 Å². The van der Waals surface area contributed by atoms with Gasteiger partial charge < -0.3 is 32.3 Å². The summed E-state index contributed by atoms with van der Waals surface area (Å²) < 4.78 is 0. The largest absolute Gasteiger partial charge is 0.370 e. The van der Waals surface area contributed by atoms with Crippen LogP contribution in [0.1, 0.15) is 44.9 Å². The topological polar surface area (TPSA) is 226 Å². The summed E-state index contributed by atoms with van der Waals surface area (Å²) in [6.07, 6.45) is 5.63. The summed E-state index contributed by atoms with van der Waals surface area (Å²) in [4.78, 5) is 93.3. The van der Waals surface area contributed by atoms with Crippen molar-refractivity contribution in [2.75, 3.05) is 39.3 Å². The Morgan fingerprint density at radius 1 is 0.579 bits per heavy atom. The minimum atomic E-state index is -0.635. The van der Waals surface area contributed by atoms with Gasteiger partial charge in [-0.05, 0) is 25.7 Å². The van der Waals surface area contributed by atoms with Gasteiger partial charge in [-0.25, -0.2) is 0 Å². The molecule has 210 valence electrons. The van der Waals surface area contributed by atoms with Crippen LogP contribution in [0.3, 0.4) is 0 Å². The molecule has 1 aliphatic heterocycles. The first kappa shape index (κ1) is 31.7. The zero-order valence-corrected chi connectivity index (χ0v) is 21.1. The summed E-state index contributed by atoms with van der Waals surface area (Å²) in [7, 11) is 0. The fourth-order valence-electron chi connectivity index (χ4n) is 3.09. The van der Waals surface area contributed by atoms with Crippen LogP contribution in [-0.2, 0) is 38.4 Å². The predicted molar refractivity (Wildman–Crippen MR) is 132 cm³/mol. The zero-order chi connectivity index (χ0) is 28.3. The second kappa shape index (κ2) is 18.0. The van der Waals surface area contributed by atoms with Crippen LogP contribution in [0.5, 0.6) is 0 Å². The van der Waals surface area contributed by atoms with E-state index < -0.39 is 42.6 Å². The maximum Gasteiger partial charge on any atom is 0.253 e. The highest BCUT2D eigenvalue weighted by Gasteiger charge is 2.22. The molecule has 1 aliphatic rings. The van der Waals surface area contributed by atoms with Crippen molar-refractivity contribution < 1.29 is 38.4 Å². The van der Waals surface area contributed by atoms with Crippen LogP contribution in [0.25, 0.3) is 0 Å². The summed E-state index contributed by atoms with van der Waals surface area (Å²) in [5.74, 6) is -3.71. The van der Waals surface area contributed by atoms with Gasteiger partial charge in [0.05, 0.1) is 26.2 Å². The Morgan fingerprint density at radius 2 is 1.03 bits per heavy atom. The number of carbonyl (C=O) groups is 8. The number of hydrogen-bond acceptors (Lipinski definition) is 8. The molecule has 1 heterocycles. The normalized spacial score (nSPS) is 12.2. The van der Waals surface area contributed by atoms with Gasteiger partial charge in [-0.2, -0.15) is 0 Å². The molecule has 0 unspecified atom stereocenters. The van der Waals surface area contributed by atoms with E-state index in [1.54, 1.807) is 0 Å². The Balaban J connectivity index is 2.02. The molecule has 0 aliphatic carbocycles. The number of amides is 8. The van der Waals surface area contributed by atoms with Crippen LogP contribution >= 0.6 is 0 Å². The third-order valence-electron chi connectivity index (χ3n) is 5.14. The Morgan fingerprint density at radius 3 is 1.53 bits per heavy atom. The number of unbranched alkanes of at least 4 members (excludes halogenated alkanes) is 3. The number of nitrogens with one attached hydrogen (secondary N) is 5. The average Bonchev–Trinajstić information content (AvgIpc) is 3.19. The molecule has 0 spiro atoms. The first-order valence-corrected chi connectivity index (χ1v) is 12.2. The van der Waals surface area contributed by atoms with E-state index in [2.05, 4.69) is 26.6 Å². The second-order valence-corrected chi connectivity index (χ2v) is 8.35. The standard InChI is InChI=1S/C23H35N7O8/c24-16(31)6-3-4-10-25-18(33)12-27-20(35)14-29-21(36)15-28-19(34)13-26-17(32)7-2-1-5-11-30-22(37)8-9-23(30)38/h8-9H,1-7,10-15H2,(H2,24,31)(H,25,33)(H,26,32)(H,27,35)(H,28,34)(H,29,36). The Bertz CT molecular complexity index is 917.